The predicted octanol–water partition coefficient (Wildman–Crippen LogP) is 21.6. The van der Waals surface area contributed by atoms with Crippen LogP contribution in [-0.2, 0) is 0 Å². The molecule has 16 aromatic rings. The fourth-order valence-electron chi connectivity index (χ4n) is 12.1. The maximum Gasteiger partial charge on any atom is 0.144 e. The molecule has 5 nitrogen and oxygen atoms in total. The molecule has 0 aliphatic rings. The molecule has 3 heterocycles. The molecular weight excluding hydrogens is 965 g/mol. The van der Waals surface area contributed by atoms with Gasteiger partial charge in [0.15, 0.2) is 0 Å². The number of para-hydroxylation sites is 4. The lowest BCUT2D eigenvalue weighted by atomic mass is 9.95. The van der Waals surface area contributed by atoms with Crippen molar-refractivity contribution in [2.24, 2.45) is 0 Å². The minimum Gasteiger partial charge on any atom is -0.456 e. The van der Waals surface area contributed by atoms with Crippen molar-refractivity contribution in [3.8, 4) is 33.4 Å². The lowest BCUT2D eigenvalue weighted by Gasteiger charge is -2.26. The lowest BCUT2D eigenvalue weighted by Crippen LogP contribution is -2.09. The van der Waals surface area contributed by atoms with Crippen LogP contribution in [0.15, 0.2) is 292 Å². The Morgan fingerprint density at radius 1 is 0.215 bits per heavy atom. The van der Waals surface area contributed by atoms with E-state index in [0.717, 1.165) is 144 Å². The van der Waals surface area contributed by atoms with E-state index in [4.69, 9.17) is 13.3 Å². The molecule has 3 aromatic heterocycles. The van der Waals surface area contributed by atoms with Crippen LogP contribution < -0.4 is 9.80 Å². The summed E-state index contributed by atoms with van der Waals surface area (Å²) in [4.78, 5) is 4.66. The number of hydrogen-bond acceptors (Lipinski definition) is 5. The highest BCUT2D eigenvalue weighted by molar-refractivity contribution is 6.31. The molecular formula is C74H46N2O3. The fourth-order valence-corrected chi connectivity index (χ4v) is 12.1. The zero-order valence-electron chi connectivity index (χ0n) is 42.7. The lowest BCUT2D eigenvalue weighted by molar-refractivity contribution is 0.662. The van der Waals surface area contributed by atoms with E-state index in [9.17, 15) is 0 Å². The normalized spacial score (nSPS) is 11.8. The molecule has 0 aliphatic heterocycles. The molecule has 0 saturated heterocycles. The zero-order valence-corrected chi connectivity index (χ0v) is 42.7. The van der Waals surface area contributed by atoms with E-state index in [-0.39, 0.29) is 0 Å². The van der Waals surface area contributed by atoms with E-state index in [1.54, 1.807) is 0 Å². The Bertz CT molecular complexity index is 5020. The molecule has 0 saturated carbocycles. The van der Waals surface area contributed by atoms with Crippen LogP contribution in [0, 0.1) is 0 Å². The monoisotopic (exact) mass is 1010 g/mol. The van der Waals surface area contributed by atoms with Crippen molar-refractivity contribution in [2.75, 3.05) is 9.80 Å². The van der Waals surface area contributed by atoms with E-state index < -0.39 is 0 Å². The van der Waals surface area contributed by atoms with Crippen LogP contribution in [0.1, 0.15) is 0 Å². The molecule has 0 spiro atoms. The van der Waals surface area contributed by atoms with Gasteiger partial charge in [-0.15, -0.1) is 0 Å². The topological polar surface area (TPSA) is 45.9 Å². The van der Waals surface area contributed by atoms with Gasteiger partial charge in [-0.2, -0.15) is 0 Å². The maximum absolute atomic E-state index is 7.28. The van der Waals surface area contributed by atoms with Crippen molar-refractivity contribution in [2.45, 2.75) is 0 Å². The first-order valence-corrected chi connectivity index (χ1v) is 26.8. The number of benzene rings is 13. The highest BCUT2D eigenvalue weighted by atomic mass is 16.3. The first-order chi connectivity index (χ1) is 39.1. The summed E-state index contributed by atoms with van der Waals surface area (Å²) >= 11 is 0. The summed E-state index contributed by atoms with van der Waals surface area (Å²) in [5, 5.41) is 10.5. The molecule has 0 bridgehead atoms. The van der Waals surface area contributed by atoms with Crippen molar-refractivity contribution >= 4 is 121 Å². The third-order valence-corrected chi connectivity index (χ3v) is 15.7. The molecule has 0 unspecified atom stereocenters. The quantitative estimate of drug-likeness (QED) is 0.144. The highest BCUT2D eigenvalue weighted by Gasteiger charge is 2.25. The second kappa shape index (κ2) is 18.0. The smallest absolute Gasteiger partial charge is 0.144 e. The Hall–Kier alpha value is -10.6. The second-order valence-corrected chi connectivity index (χ2v) is 20.4. The van der Waals surface area contributed by atoms with Crippen molar-refractivity contribution in [1.29, 1.82) is 0 Å². The first-order valence-electron chi connectivity index (χ1n) is 26.8. The van der Waals surface area contributed by atoms with Gasteiger partial charge in [0.05, 0.1) is 0 Å². The molecule has 0 atom stereocenters. The summed E-state index contributed by atoms with van der Waals surface area (Å²) in [5.41, 5.74) is 17.7. The van der Waals surface area contributed by atoms with Crippen LogP contribution in [0.25, 0.3) is 121 Å². The first kappa shape index (κ1) is 44.7. The molecule has 0 N–H and O–H groups in total. The van der Waals surface area contributed by atoms with Crippen LogP contribution in [0.4, 0.5) is 34.1 Å². The van der Waals surface area contributed by atoms with Crippen LogP contribution in [0.3, 0.4) is 0 Å². The molecule has 79 heavy (non-hydrogen) atoms. The Kier molecular flexibility index (Phi) is 10.2. The van der Waals surface area contributed by atoms with E-state index in [1.165, 1.54) is 11.1 Å². The molecule has 5 heteroatoms. The van der Waals surface area contributed by atoms with Gasteiger partial charge in [0.1, 0.15) is 33.5 Å². The summed E-state index contributed by atoms with van der Waals surface area (Å²) in [6, 6.07) is 99.1. The minimum atomic E-state index is 0.777. The standard InChI is InChI=1S/C74H46N2O3/c1-5-18-47(19-6-1)49-22-15-28-57(38-49)75(55-24-9-3-10-25-55)59-36-34-51-42-65-68(44-53(51)40-59)77-70-46-64(63-32-17-31-62-61-30-13-14-33-67(61)78-73(62)63)74-72(71(65)70)66-43-52-35-37-60(41-54(52)45-69(66)79-74)76(56-26-11-4-12-27-56)58-29-16-23-50(39-58)48-20-7-2-8-21-48/h1-46H. The van der Waals surface area contributed by atoms with Gasteiger partial charge in [-0.3, -0.25) is 0 Å². The van der Waals surface area contributed by atoms with Crippen LogP contribution in [-0.4, -0.2) is 0 Å². The highest BCUT2D eigenvalue weighted by Crippen LogP contribution is 2.49. The summed E-state index contributed by atoms with van der Waals surface area (Å²) < 4.78 is 21.1. The van der Waals surface area contributed by atoms with Gasteiger partial charge in [-0.1, -0.05) is 170 Å². The predicted molar refractivity (Wildman–Crippen MR) is 329 cm³/mol. The van der Waals surface area contributed by atoms with E-state index >= 15 is 0 Å². The maximum atomic E-state index is 7.28. The third-order valence-electron chi connectivity index (χ3n) is 15.7. The third kappa shape index (κ3) is 7.47. The molecule has 0 fully saturated rings. The van der Waals surface area contributed by atoms with Gasteiger partial charge in [-0.05, 0) is 153 Å². The largest absolute Gasteiger partial charge is 0.456 e. The molecule has 0 amide bonds. The average Bonchev–Trinajstić information content (AvgIpc) is 4.40. The Labute approximate surface area is 454 Å². The summed E-state index contributed by atoms with van der Waals surface area (Å²) in [6.07, 6.45) is 0. The van der Waals surface area contributed by atoms with Crippen LogP contribution in [0.2, 0.25) is 0 Å². The van der Waals surface area contributed by atoms with Gasteiger partial charge in [-0.25, -0.2) is 0 Å². The summed E-state index contributed by atoms with van der Waals surface area (Å²) in [6.45, 7) is 0. The summed E-state index contributed by atoms with van der Waals surface area (Å²) in [5.74, 6) is 0. The molecule has 370 valence electrons. The number of nitrogens with zero attached hydrogens (tertiary/aromatic N) is 2. The number of fused-ring (bicyclic) bond motifs is 12. The average molecular weight is 1010 g/mol. The molecule has 16 rings (SSSR count). The Balaban J connectivity index is 0.895. The van der Waals surface area contributed by atoms with Crippen molar-refractivity contribution < 1.29 is 13.3 Å². The molecule has 13 aromatic carbocycles. The Morgan fingerprint density at radius 3 is 1.27 bits per heavy atom. The van der Waals surface area contributed by atoms with Gasteiger partial charge >= 0.3 is 0 Å². The number of hydrogen-bond donors (Lipinski definition) is 0. The van der Waals surface area contributed by atoms with E-state index in [2.05, 4.69) is 277 Å². The minimum absolute atomic E-state index is 0.777. The number of furan rings is 3. The van der Waals surface area contributed by atoms with Gasteiger partial charge in [0.25, 0.3) is 0 Å². The Morgan fingerprint density at radius 2 is 0.671 bits per heavy atom. The van der Waals surface area contributed by atoms with E-state index in [1.807, 2.05) is 12.1 Å². The fraction of sp³-hybridized carbons (Fsp3) is 0. The zero-order chi connectivity index (χ0) is 52.0. The van der Waals surface area contributed by atoms with Gasteiger partial charge in [0.2, 0.25) is 0 Å². The SMILES string of the molecule is c1ccc(-c2cccc(N(c3ccccc3)c3ccc4cc5c(cc4c3)oc3cc(-c4cccc6c4oc4ccccc46)c4oc6cc7cc(N(c8ccccc8)c8cccc(-c9ccccc9)c8)ccc7cc6c4c35)c2)cc1. The second-order valence-electron chi connectivity index (χ2n) is 20.4. The van der Waals surface area contributed by atoms with Crippen LogP contribution >= 0.6 is 0 Å². The van der Waals surface area contributed by atoms with Crippen molar-refractivity contribution in [3.05, 3.63) is 279 Å². The van der Waals surface area contributed by atoms with Crippen LogP contribution in [0.5, 0.6) is 0 Å². The van der Waals surface area contributed by atoms with Crippen molar-refractivity contribution in [3.63, 3.8) is 0 Å². The summed E-state index contributed by atoms with van der Waals surface area (Å²) in [7, 11) is 0. The van der Waals surface area contributed by atoms with Gasteiger partial charge < -0.3 is 23.1 Å². The molecule has 0 aliphatic carbocycles. The van der Waals surface area contributed by atoms with Crippen molar-refractivity contribution in [1.82, 2.24) is 0 Å². The number of anilines is 6. The number of rotatable bonds is 9. The van der Waals surface area contributed by atoms with E-state index in [0.29, 0.717) is 0 Å². The molecule has 0 radical (unpaired) electrons. The van der Waals surface area contributed by atoms with Gasteiger partial charge in [0, 0.05) is 77.6 Å².